The summed E-state index contributed by atoms with van der Waals surface area (Å²) in [5.41, 5.74) is 0. The van der Waals surface area contributed by atoms with Crippen molar-refractivity contribution in [3.8, 4) is 0 Å². The predicted molar refractivity (Wildman–Crippen MR) is 62.3 cm³/mol. The SMILES string of the molecule is NS(=O)(=O)N1CCN(C(=O)CNC2CC2)CC1. The number of nitrogens with one attached hydrogen (secondary N) is 1. The maximum Gasteiger partial charge on any atom is 0.277 e. The Morgan fingerprint density at radius 1 is 1.24 bits per heavy atom. The van der Waals surface area contributed by atoms with Crippen LogP contribution in [0.3, 0.4) is 0 Å². The van der Waals surface area contributed by atoms with E-state index in [0.29, 0.717) is 25.7 Å². The Hall–Kier alpha value is -0.700. The molecule has 0 aromatic rings. The lowest BCUT2D eigenvalue weighted by atomic mass is 10.3. The molecule has 0 bridgehead atoms. The van der Waals surface area contributed by atoms with Gasteiger partial charge in [0.25, 0.3) is 10.2 Å². The Balaban J connectivity index is 1.75. The van der Waals surface area contributed by atoms with Crippen LogP contribution in [0.2, 0.25) is 0 Å². The Morgan fingerprint density at radius 3 is 2.29 bits per heavy atom. The van der Waals surface area contributed by atoms with E-state index in [9.17, 15) is 13.2 Å². The van der Waals surface area contributed by atoms with E-state index >= 15 is 0 Å². The van der Waals surface area contributed by atoms with E-state index in [2.05, 4.69) is 5.32 Å². The van der Waals surface area contributed by atoms with Crippen LogP contribution in [-0.4, -0.2) is 62.3 Å². The van der Waals surface area contributed by atoms with E-state index < -0.39 is 10.2 Å². The van der Waals surface area contributed by atoms with Crippen LogP contribution in [0.1, 0.15) is 12.8 Å². The monoisotopic (exact) mass is 262 g/mol. The molecule has 0 aromatic carbocycles. The third-order valence-electron chi connectivity index (χ3n) is 3.07. The van der Waals surface area contributed by atoms with Crippen molar-refractivity contribution in [2.75, 3.05) is 32.7 Å². The van der Waals surface area contributed by atoms with Crippen molar-refractivity contribution in [3.05, 3.63) is 0 Å². The standard InChI is InChI=1S/C9H18N4O3S/c10-17(15,16)13-5-3-12(4-6-13)9(14)7-11-8-1-2-8/h8,11H,1-7H2,(H2,10,15,16). The summed E-state index contributed by atoms with van der Waals surface area (Å²) in [7, 11) is -3.61. The largest absolute Gasteiger partial charge is 0.339 e. The lowest BCUT2D eigenvalue weighted by Gasteiger charge is -2.33. The lowest BCUT2D eigenvalue weighted by molar-refractivity contribution is -0.131. The molecular weight excluding hydrogens is 244 g/mol. The molecular formula is C9H18N4O3S. The number of carbonyl (C=O) groups excluding carboxylic acids is 1. The Bertz CT molecular complexity index is 385. The maximum atomic E-state index is 11.8. The zero-order valence-corrected chi connectivity index (χ0v) is 10.4. The van der Waals surface area contributed by atoms with Crippen molar-refractivity contribution in [1.82, 2.24) is 14.5 Å². The first-order valence-electron chi connectivity index (χ1n) is 5.76. The maximum absolute atomic E-state index is 11.8. The van der Waals surface area contributed by atoms with Crippen LogP contribution in [0, 0.1) is 0 Å². The summed E-state index contributed by atoms with van der Waals surface area (Å²) in [4.78, 5) is 13.4. The minimum Gasteiger partial charge on any atom is -0.339 e. The van der Waals surface area contributed by atoms with Gasteiger partial charge in [0.05, 0.1) is 6.54 Å². The second-order valence-corrected chi connectivity index (χ2v) is 6.03. The molecule has 1 saturated carbocycles. The van der Waals surface area contributed by atoms with Crippen LogP contribution in [0.15, 0.2) is 0 Å². The molecule has 2 rings (SSSR count). The fourth-order valence-corrected chi connectivity index (χ4v) is 2.50. The summed E-state index contributed by atoms with van der Waals surface area (Å²) < 4.78 is 23.3. The summed E-state index contributed by atoms with van der Waals surface area (Å²) in [6.07, 6.45) is 2.29. The van der Waals surface area contributed by atoms with Gasteiger partial charge < -0.3 is 10.2 Å². The molecule has 2 fully saturated rings. The molecule has 1 amide bonds. The van der Waals surface area contributed by atoms with Gasteiger partial charge in [0.15, 0.2) is 0 Å². The van der Waals surface area contributed by atoms with Gasteiger partial charge in [-0.2, -0.15) is 12.7 Å². The normalized spacial score (nSPS) is 22.8. The molecule has 0 aromatic heterocycles. The topological polar surface area (TPSA) is 95.7 Å². The van der Waals surface area contributed by atoms with Crippen molar-refractivity contribution in [3.63, 3.8) is 0 Å². The van der Waals surface area contributed by atoms with E-state index in [0.717, 1.165) is 12.8 Å². The minimum atomic E-state index is -3.61. The molecule has 2 aliphatic rings. The van der Waals surface area contributed by atoms with Gasteiger partial charge in [0, 0.05) is 32.2 Å². The average Bonchev–Trinajstić information content (AvgIpc) is 3.09. The van der Waals surface area contributed by atoms with Gasteiger partial charge >= 0.3 is 0 Å². The summed E-state index contributed by atoms with van der Waals surface area (Å²) >= 11 is 0. The van der Waals surface area contributed by atoms with Crippen molar-refractivity contribution < 1.29 is 13.2 Å². The molecule has 0 unspecified atom stereocenters. The molecule has 17 heavy (non-hydrogen) atoms. The fourth-order valence-electron chi connectivity index (χ4n) is 1.82. The summed E-state index contributed by atoms with van der Waals surface area (Å²) in [5.74, 6) is 0.0333. The quantitative estimate of drug-likeness (QED) is 0.618. The second-order valence-electron chi connectivity index (χ2n) is 4.48. The molecule has 8 heteroatoms. The second kappa shape index (κ2) is 4.89. The Morgan fingerprint density at radius 2 is 1.82 bits per heavy atom. The van der Waals surface area contributed by atoms with E-state index in [-0.39, 0.29) is 19.0 Å². The third-order valence-corrected chi connectivity index (χ3v) is 4.16. The van der Waals surface area contributed by atoms with Gasteiger partial charge in [0.2, 0.25) is 5.91 Å². The molecule has 1 saturated heterocycles. The van der Waals surface area contributed by atoms with Crippen LogP contribution < -0.4 is 10.5 Å². The lowest BCUT2D eigenvalue weighted by Crippen LogP contribution is -2.53. The third kappa shape index (κ3) is 3.63. The van der Waals surface area contributed by atoms with Gasteiger partial charge in [-0.05, 0) is 12.8 Å². The van der Waals surface area contributed by atoms with Crippen LogP contribution in [0.25, 0.3) is 0 Å². The highest BCUT2D eigenvalue weighted by Gasteiger charge is 2.27. The summed E-state index contributed by atoms with van der Waals surface area (Å²) in [5, 5.41) is 8.17. The molecule has 0 radical (unpaired) electrons. The van der Waals surface area contributed by atoms with E-state index in [1.165, 1.54) is 4.31 Å². The Labute approximate surface area is 101 Å². The van der Waals surface area contributed by atoms with Crippen molar-refractivity contribution >= 4 is 16.1 Å². The average molecular weight is 262 g/mol. The van der Waals surface area contributed by atoms with E-state index in [1.807, 2.05) is 0 Å². The van der Waals surface area contributed by atoms with Crippen LogP contribution in [-0.2, 0) is 15.0 Å². The van der Waals surface area contributed by atoms with Gasteiger partial charge in [-0.1, -0.05) is 0 Å². The zero-order valence-electron chi connectivity index (χ0n) is 9.63. The smallest absolute Gasteiger partial charge is 0.277 e. The molecule has 0 atom stereocenters. The number of nitrogens with two attached hydrogens (primary N) is 1. The first kappa shape index (κ1) is 12.7. The number of rotatable bonds is 4. The molecule has 3 N–H and O–H groups in total. The van der Waals surface area contributed by atoms with Crippen LogP contribution >= 0.6 is 0 Å². The molecule has 1 aliphatic heterocycles. The highest BCUT2D eigenvalue weighted by atomic mass is 32.2. The summed E-state index contributed by atoms with van der Waals surface area (Å²) in [6, 6.07) is 0.504. The van der Waals surface area contributed by atoms with Gasteiger partial charge in [-0.3, -0.25) is 4.79 Å². The van der Waals surface area contributed by atoms with E-state index in [4.69, 9.17) is 5.14 Å². The number of nitrogens with zero attached hydrogens (tertiary/aromatic N) is 2. The molecule has 7 nitrogen and oxygen atoms in total. The molecule has 1 aliphatic carbocycles. The highest BCUT2D eigenvalue weighted by Crippen LogP contribution is 2.18. The number of amides is 1. The molecule has 98 valence electrons. The molecule has 1 heterocycles. The predicted octanol–water partition coefficient (Wildman–Crippen LogP) is -1.91. The van der Waals surface area contributed by atoms with Crippen molar-refractivity contribution in [1.29, 1.82) is 0 Å². The number of hydrogen-bond donors (Lipinski definition) is 2. The van der Waals surface area contributed by atoms with Crippen molar-refractivity contribution in [2.24, 2.45) is 5.14 Å². The highest BCUT2D eigenvalue weighted by molar-refractivity contribution is 7.86. The number of hydrogen-bond acceptors (Lipinski definition) is 4. The van der Waals surface area contributed by atoms with Gasteiger partial charge in [-0.15, -0.1) is 0 Å². The minimum absolute atomic E-state index is 0.0333. The van der Waals surface area contributed by atoms with Crippen LogP contribution in [0.5, 0.6) is 0 Å². The fraction of sp³-hybridized carbons (Fsp3) is 0.889. The van der Waals surface area contributed by atoms with Gasteiger partial charge in [-0.25, -0.2) is 5.14 Å². The number of carbonyl (C=O) groups is 1. The van der Waals surface area contributed by atoms with E-state index in [1.54, 1.807) is 4.90 Å². The Kier molecular flexibility index (Phi) is 3.67. The first-order chi connectivity index (χ1) is 7.97. The van der Waals surface area contributed by atoms with Crippen LogP contribution in [0.4, 0.5) is 0 Å². The first-order valence-corrected chi connectivity index (χ1v) is 7.26. The van der Waals surface area contributed by atoms with Gasteiger partial charge in [0.1, 0.15) is 0 Å². The number of piperazine rings is 1. The zero-order chi connectivity index (χ0) is 12.5. The molecule has 0 spiro atoms. The van der Waals surface area contributed by atoms with Crippen molar-refractivity contribution in [2.45, 2.75) is 18.9 Å². The summed E-state index contributed by atoms with van der Waals surface area (Å²) in [6.45, 7) is 1.76.